The predicted molar refractivity (Wildman–Crippen MR) is 110 cm³/mol. The van der Waals surface area contributed by atoms with Crippen LogP contribution in [0, 0.1) is 6.92 Å². The van der Waals surface area contributed by atoms with Crippen molar-refractivity contribution in [1.29, 1.82) is 0 Å². The van der Waals surface area contributed by atoms with Crippen molar-refractivity contribution in [3.05, 3.63) is 70.9 Å². The molecule has 26 heavy (non-hydrogen) atoms. The van der Waals surface area contributed by atoms with Crippen LogP contribution in [0.2, 0.25) is 5.02 Å². The lowest BCUT2D eigenvalue weighted by molar-refractivity contribution is -0.111. The molecule has 0 fully saturated rings. The molecule has 0 bridgehead atoms. The Labute approximate surface area is 158 Å². The van der Waals surface area contributed by atoms with Crippen LogP contribution in [0.5, 0.6) is 0 Å². The molecular weight excluding hydrogens is 346 g/mol. The van der Waals surface area contributed by atoms with E-state index in [2.05, 4.69) is 10.3 Å². The highest BCUT2D eigenvalue weighted by Crippen LogP contribution is 2.28. The fraction of sp³-hybridized carbons (Fsp3) is 0.143. The van der Waals surface area contributed by atoms with E-state index in [1.165, 1.54) is 6.08 Å². The van der Waals surface area contributed by atoms with E-state index in [1.54, 1.807) is 18.3 Å². The summed E-state index contributed by atoms with van der Waals surface area (Å²) in [4.78, 5) is 18.7. The molecule has 1 N–H and O–H groups in total. The van der Waals surface area contributed by atoms with E-state index in [9.17, 15) is 4.79 Å². The second-order valence-corrected chi connectivity index (χ2v) is 6.64. The standard InChI is InChI=1S/C21H20ClN3O/c1-14-18(22)10-9-17-19(12-13-23-21(14)17)24-20(26)11-6-15-4-7-16(8-5-15)25(2)3/h4-13H,1-3H3,(H,23,24,26)/b11-6+. The number of anilines is 2. The fourth-order valence-electron chi connectivity index (χ4n) is 2.67. The number of hydrogen-bond acceptors (Lipinski definition) is 3. The van der Waals surface area contributed by atoms with Gasteiger partial charge in [-0.15, -0.1) is 0 Å². The lowest BCUT2D eigenvalue weighted by atomic mass is 10.1. The summed E-state index contributed by atoms with van der Waals surface area (Å²) >= 11 is 6.15. The highest BCUT2D eigenvalue weighted by atomic mass is 35.5. The van der Waals surface area contributed by atoms with Crippen LogP contribution in [0.4, 0.5) is 11.4 Å². The van der Waals surface area contributed by atoms with Gasteiger partial charge in [0, 0.05) is 42.5 Å². The molecule has 3 rings (SSSR count). The number of amides is 1. The maximum Gasteiger partial charge on any atom is 0.248 e. The number of nitrogens with zero attached hydrogens (tertiary/aromatic N) is 2. The Balaban J connectivity index is 1.78. The van der Waals surface area contributed by atoms with Crippen LogP contribution < -0.4 is 10.2 Å². The second kappa shape index (κ2) is 7.58. The molecule has 0 unspecified atom stereocenters. The number of rotatable bonds is 4. The molecule has 3 aromatic rings. The number of hydrogen-bond donors (Lipinski definition) is 1. The van der Waals surface area contributed by atoms with Crippen LogP contribution in [0.3, 0.4) is 0 Å². The molecular formula is C21H20ClN3O. The van der Waals surface area contributed by atoms with Crippen molar-refractivity contribution in [1.82, 2.24) is 4.98 Å². The molecule has 0 saturated carbocycles. The highest BCUT2D eigenvalue weighted by molar-refractivity contribution is 6.32. The Kier molecular flexibility index (Phi) is 5.24. The van der Waals surface area contributed by atoms with Crippen LogP contribution in [0.25, 0.3) is 17.0 Å². The van der Waals surface area contributed by atoms with Crippen molar-refractivity contribution < 1.29 is 4.79 Å². The molecule has 0 radical (unpaired) electrons. The van der Waals surface area contributed by atoms with Crippen molar-refractivity contribution in [2.24, 2.45) is 0 Å². The Bertz CT molecular complexity index is 978. The Hall–Kier alpha value is -2.85. The van der Waals surface area contributed by atoms with Crippen LogP contribution in [-0.4, -0.2) is 25.0 Å². The number of aryl methyl sites for hydroxylation is 1. The van der Waals surface area contributed by atoms with Crippen molar-refractivity contribution in [3.63, 3.8) is 0 Å². The molecule has 1 heterocycles. The maximum absolute atomic E-state index is 12.3. The summed E-state index contributed by atoms with van der Waals surface area (Å²) in [5.41, 5.74) is 4.49. The van der Waals surface area contributed by atoms with Gasteiger partial charge in [0.25, 0.3) is 0 Å². The van der Waals surface area contributed by atoms with Gasteiger partial charge in [-0.1, -0.05) is 23.7 Å². The maximum atomic E-state index is 12.3. The molecule has 0 atom stereocenters. The number of pyridine rings is 1. The third-order valence-electron chi connectivity index (χ3n) is 4.19. The molecule has 0 aliphatic carbocycles. The lowest BCUT2D eigenvalue weighted by Gasteiger charge is -2.11. The normalized spacial score (nSPS) is 11.1. The van der Waals surface area contributed by atoms with E-state index >= 15 is 0 Å². The first-order valence-electron chi connectivity index (χ1n) is 8.26. The topological polar surface area (TPSA) is 45.2 Å². The van der Waals surface area contributed by atoms with Crippen molar-refractivity contribution in [2.75, 3.05) is 24.3 Å². The zero-order valence-corrected chi connectivity index (χ0v) is 15.7. The molecule has 1 aromatic heterocycles. The Morgan fingerprint density at radius 2 is 1.85 bits per heavy atom. The molecule has 0 aliphatic heterocycles. The van der Waals surface area contributed by atoms with E-state index in [0.717, 1.165) is 27.7 Å². The fourth-order valence-corrected chi connectivity index (χ4v) is 2.83. The first-order chi connectivity index (χ1) is 12.5. The second-order valence-electron chi connectivity index (χ2n) is 6.24. The number of carbonyl (C=O) groups is 1. The summed E-state index contributed by atoms with van der Waals surface area (Å²) in [6.45, 7) is 1.92. The van der Waals surface area contributed by atoms with Gasteiger partial charge in [0.1, 0.15) is 0 Å². The number of aromatic nitrogens is 1. The summed E-state index contributed by atoms with van der Waals surface area (Å²) in [5.74, 6) is -0.193. The summed E-state index contributed by atoms with van der Waals surface area (Å²) in [7, 11) is 3.98. The minimum atomic E-state index is -0.193. The Morgan fingerprint density at radius 3 is 2.54 bits per heavy atom. The van der Waals surface area contributed by atoms with Gasteiger partial charge >= 0.3 is 0 Å². The lowest BCUT2D eigenvalue weighted by Crippen LogP contribution is -2.09. The molecule has 0 aliphatic rings. The van der Waals surface area contributed by atoms with Crippen molar-refractivity contribution >= 4 is 45.9 Å². The van der Waals surface area contributed by atoms with Crippen LogP contribution in [0.15, 0.2) is 54.7 Å². The van der Waals surface area contributed by atoms with E-state index in [-0.39, 0.29) is 5.91 Å². The van der Waals surface area contributed by atoms with Crippen LogP contribution in [-0.2, 0) is 4.79 Å². The summed E-state index contributed by atoms with van der Waals surface area (Å²) in [5, 5.41) is 4.44. The largest absolute Gasteiger partial charge is 0.378 e. The zero-order valence-electron chi connectivity index (χ0n) is 15.0. The van der Waals surface area contributed by atoms with Crippen molar-refractivity contribution in [3.8, 4) is 0 Å². The van der Waals surface area contributed by atoms with Gasteiger partial charge < -0.3 is 10.2 Å². The predicted octanol–water partition coefficient (Wildman–Crippen LogP) is 4.91. The average Bonchev–Trinajstić information content (AvgIpc) is 2.64. The van der Waals surface area contributed by atoms with Crippen LogP contribution in [0.1, 0.15) is 11.1 Å². The molecule has 1 amide bonds. The van der Waals surface area contributed by atoms with Gasteiger partial charge in [-0.3, -0.25) is 9.78 Å². The minimum Gasteiger partial charge on any atom is -0.378 e. The number of fused-ring (bicyclic) bond motifs is 1. The SMILES string of the molecule is Cc1c(Cl)ccc2c(NC(=O)/C=C/c3ccc(N(C)C)cc3)ccnc12. The molecule has 0 spiro atoms. The summed E-state index contributed by atoms with van der Waals surface area (Å²) in [6, 6.07) is 13.5. The minimum absolute atomic E-state index is 0.193. The number of carbonyl (C=O) groups excluding carboxylic acids is 1. The number of nitrogens with one attached hydrogen (secondary N) is 1. The third kappa shape index (κ3) is 3.86. The summed E-state index contributed by atoms with van der Waals surface area (Å²) in [6.07, 6.45) is 4.99. The smallest absolute Gasteiger partial charge is 0.248 e. The van der Waals surface area contributed by atoms with Gasteiger partial charge in [-0.25, -0.2) is 0 Å². The summed E-state index contributed by atoms with van der Waals surface area (Å²) < 4.78 is 0. The average molecular weight is 366 g/mol. The number of halogens is 1. The quantitative estimate of drug-likeness (QED) is 0.668. The molecule has 0 saturated heterocycles. The third-order valence-corrected chi connectivity index (χ3v) is 4.60. The zero-order chi connectivity index (χ0) is 18.7. The van der Waals surface area contributed by atoms with Gasteiger partial charge in [-0.2, -0.15) is 0 Å². The first kappa shape index (κ1) is 18.0. The van der Waals surface area contributed by atoms with Gasteiger partial charge in [0.15, 0.2) is 0 Å². The highest BCUT2D eigenvalue weighted by Gasteiger charge is 2.08. The van der Waals surface area contributed by atoms with Gasteiger partial charge in [0.05, 0.1) is 11.2 Å². The van der Waals surface area contributed by atoms with E-state index in [0.29, 0.717) is 10.7 Å². The van der Waals surface area contributed by atoms with E-state index in [4.69, 9.17) is 11.6 Å². The van der Waals surface area contributed by atoms with Gasteiger partial charge in [0.2, 0.25) is 5.91 Å². The van der Waals surface area contributed by atoms with E-state index < -0.39 is 0 Å². The first-order valence-corrected chi connectivity index (χ1v) is 8.64. The Morgan fingerprint density at radius 1 is 1.12 bits per heavy atom. The number of benzene rings is 2. The molecule has 132 valence electrons. The van der Waals surface area contributed by atoms with Gasteiger partial charge in [-0.05, 0) is 54.5 Å². The molecule has 5 heteroatoms. The molecule has 4 nitrogen and oxygen atoms in total. The van der Waals surface area contributed by atoms with Crippen molar-refractivity contribution in [2.45, 2.75) is 6.92 Å². The van der Waals surface area contributed by atoms with Crippen LogP contribution >= 0.6 is 11.6 Å². The monoisotopic (exact) mass is 365 g/mol. The van der Waals surface area contributed by atoms with E-state index in [1.807, 2.05) is 62.3 Å². The molecule has 2 aromatic carbocycles.